The number of nitrogens with zero attached hydrogens (tertiary/aromatic N) is 1. The molecule has 0 fully saturated rings. The fourth-order valence-corrected chi connectivity index (χ4v) is 2.48. The SMILES string of the molecule is COCCCNC(=O)CN(C)C(=O)c1cc(C)cc(Br)c1. The summed E-state index contributed by atoms with van der Waals surface area (Å²) in [5.74, 6) is -0.347. The quantitative estimate of drug-likeness (QED) is 0.760. The number of ether oxygens (including phenoxy) is 1. The molecule has 0 aliphatic carbocycles. The van der Waals surface area contributed by atoms with Crippen LogP contribution in [0.1, 0.15) is 22.3 Å². The molecule has 1 rings (SSSR count). The normalized spacial score (nSPS) is 10.3. The van der Waals surface area contributed by atoms with Gasteiger partial charge in [0.15, 0.2) is 0 Å². The number of hydrogen-bond donors (Lipinski definition) is 1. The van der Waals surface area contributed by atoms with Crippen molar-refractivity contribution in [2.24, 2.45) is 0 Å². The topological polar surface area (TPSA) is 58.6 Å². The van der Waals surface area contributed by atoms with E-state index in [0.29, 0.717) is 18.7 Å². The van der Waals surface area contributed by atoms with Crippen molar-refractivity contribution in [3.05, 3.63) is 33.8 Å². The molecular weight excluding hydrogens is 336 g/mol. The Balaban J connectivity index is 2.52. The van der Waals surface area contributed by atoms with E-state index in [-0.39, 0.29) is 18.4 Å². The van der Waals surface area contributed by atoms with Crippen LogP contribution >= 0.6 is 15.9 Å². The lowest BCUT2D eigenvalue weighted by molar-refractivity contribution is -0.121. The predicted molar refractivity (Wildman–Crippen MR) is 85.3 cm³/mol. The van der Waals surface area contributed by atoms with Gasteiger partial charge in [-0.1, -0.05) is 15.9 Å². The van der Waals surface area contributed by atoms with Gasteiger partial charge in [0.25, 0.3) is 5.91 Å². The van der Waals surface area contributed by atoms with Crippen LogP contribution in [0.25, 0.3) is 0 Å². The molecule has 2 amide bonds. The van der Waals surface area contributed by atoms with Gasteiger partial charge in [-0.3, -0.25) is 9.59 Å². The molecule has 0 aliphatic heterocycles. The van der Waals surface area contributed by atoms with Crippen LogP contribution in [0.5, 0.6) is 0 Å². The maximum absolute atomic E-state index is 12.3. The first-order valence-corrected chi connectivity index (χ1v) is 7.51. The second-order valence-corrected chi connectivity index (χ2v) is 5.79. The predicted octanol–water partition coefficient (Wildman–Crippen LogP) is 1.98. The number of aryl methyl sites for hydroxylation is 1. The van der Waals surface area contributed by atoms with E-state index in [4.69, 9.17) is 4.74 Å². The van der Waals surface area contributed by atoms with Crippen LogP contribution in [0.3, 0.4) is 0 Å². The Morgan fingerprint density at radius 1 is 1.33 bits per heavy atom. The van der Waals surface area contributed by atoms with Gasteiger partial charge in [0.05, 0.1) is 6.54 Å². The smallest absolute Gasteiger partial charge is 0.254 e. The van der Waals surface area contributed by atoms with Crippen molar-refractivity contribution in [1.82, 2.24) is 10.2 Å². The summed E-state index contributed by atoms with van der Waals surface area (Å²) in [6, 6.07) is 5.49. The van der Waals surface area contributed by atoms with Gasteiger partial charge in [-0.25, -0.2) is 0 Å². The zero-order valence-corrected chi connectivity index (χ0v) is 14.2. The van der Waals surface area contributed by atoms with Crippen LogP contribution in [0.15, 0.2) is 22.7 Å². The number of halogens is 1. The van der Waals surface area contributed by atoms with Crippen molar-refractivity contribution in [1.29, 1.82) is 0 Å². The average Bonchev–Trinajstić information content (AvgIpc) is 2.41. The van der Waals surface area contributed by atoms with E-state index in [0.717, 1.165) is 16.5 Å². The van der Waals surface area contributed by atoms with Gasteiger partial charge in [-0.15, -0.1) is 0 Å². The number of amides is 2. The molecule has 1 N–H and O–H groups in total. The fraction of sp³-hybridized carbons (Fsp3) is 0.467. The van der Waals surface area contributed by atoms with E-state index < -0.39 is 0 Å². The zero-order chi connectivity index (χ0) is 15.8. The van der Waals surface area contributed by atoms with Crippen LogP contribution in [0.2, 0.25) is 0 Å². The fourth-order valence-electron chi connectivity index (χ4n) is 1.87. The number of rotatable bonds is 7. The minimum atomic E-state index is -0.175. The Bertz CT molecular complexity index is 485. The van der Waals surface area contributed by atoms with E-state index in [1.165, 1.54) is 4.90 Å². The summed E-state index contributed by atoms with van der Waals surface area (Å²) in [5.41, 5.74) is 1.56. The number of nitrogens with one attached hydrogen (secondary N) is 1. The average molecular weight is 357 g/mol. The van der Waals surface area contributed by atoms with Crippen molar-refractivity contribution >= 4 is 27.7 Å². The van der Waals surface area contributed by atoms with Gasteiger partial charge in [0.2, 0.25) is 5.91 Å². The highest BCUT2D eigenvalue weighted by molar-refractivity contribution is 9.10. The summed E-state index contributed by atoms with van der Waals surface area (Å²) in [7, 11) is 3.24. The van der Waals surface area contributed by atoms with E-state index in [1.807, 2.05) is 13.0 Å². The summed E-state index contributed by atoms with van der Waals surface area (Å²) < 4.78 is 5.75. The summed E-state index contributed by atoms with van der Waals surface area (Å²) in [4.78, 5) is 25.4. The zero-order valence-electron chi connectivity index (χ0n) is 12.6. The third kappa shape index (κ3) is 6.27. The van der Waals surface area contributed by atoms with Crippen LogP contribution in [-0.2, 0) is 9.53 Å². The molecule has 1 aromatic carbocycles. The number of carbonyl (C=O) groups excluding carboxylic acids is 2. The van der Waals surface area contributed by atoms with E-state index in [1.54, 1.807) is 26.3 Å². The number of carbonyl (C=O) groups is 2. The molecule has 0 bridgehead atoms. The third-order valence-corrected chi connectivity index (χ3v) is 3.32. The highest BCUT2D eigenvalue weighted by Gasteiger charge is 2.15. The minimum absolute atomic E-state index is 0.0391. The van der Waals surface area contributed by atoms with E-state index in [2.05, 4.69) is 21.2 Å². The van der Waals surface area contributed by atoms with Crippen LogP contribution in [0.4, 0.5) is 0 Å². The van der Waals surface area contributed by atoms with Crippen LogP contribution in [-0.4, -0.2) is 50.6 Å². The highest BCUT2D eigenvalue weighted by atomic mass is 79.9. The number of likely N-dealkylation sites (N-methyl/N-ethyl adjacent to an activating group) is 1. The number of hydrogen-bond acceptors (Lipinski definition) is 3. The summed E-state index contributed by atoms with van der Waals surface area (Å²) in [5, 5.41) is 2.76. The largest absolute Gasteiger partial charge is 0.385 e. The molecule has 0 radical (unpaired) electrons. The van der Waals surface area contributed by atoms with Crippen molar-refractivity contribution in [2.75, 3.05) is 33.9 Å². The van der Waals surface area contributed by atoms with Gasteiger partial charge >= 0.3 is 0 Å². The molecule has 0 unspecified atom stereocenters. The second-order valence-electron chi connectivity index (χ2n) is 4.87. The minimum Gasteiger partial charge on any atom is -0.385 e. The summed E-state index contributed by atoms with van der Waals surface area (Å²) in [6.45, 7) is 3.11. The van der Waals surface area contributed by atoms with Gasteiger partial charge in [0.1, 0.15) is 0 Å². The second kappa shape index (κ2) is 8.79. The molecular formula is C15H21BrN2O3. The Morgan fingerprint density at radius 2 is 2.05 bits per heavy atom. The molecule has 0 saturated carbocycles. The van der Waals surface area contributed by atoms with Crippen molar-refractivity contribution < 1.29 is 14.3 Å². The van der Waals surface area contributed by atoms with Gasteiger partial charge in [0, 0.05) is 37.3 Å². The first-order chi connectivity index (χ1) is 9.93. The molecule has 5 nitrogen and oxygen atoms in total. The maximum atomic E-state index is 12.3. The monoisotopic (exact) mass is 356 g/mol. The van der Waals surface area contributed by atoms with Gasteiger partial charge < -0.3 is 15.0 Å². The Morgan fingerprint density at radius 3 is 2.67 bits per heavy atom. The van der Waals surface area contributed by atoms with E-state index >= 15 is 0 Å². The molecule has 21 heavy (non-hydrogen) atoms. The first kappa shape index (κ1) is 17.7. The number of methoxy groups -OCH3 is 1. The molecule has 0 aromatic heterocycles. The van der Waals surface area contributed by atoms with Crippen molar-refractivity contribution in [3.8, 4) is 0 Å². The Hall–Kier alpha value is -1.40. The molecule has 0 spiro atoms. The van der Waals surface area contributed by atoms with Crippen molar-refractivity contribution in [3.63, 3.8) is 0 Å². The summed E-state index contributed by atoms with van der Waals surface area (Å²) >= 11 is 3.37. The summed E-state index contributed by atoms with van der Waals surface area (Å²) in [6.07, 6.45) is 0.755. The molecule has 0 atom stereocenters. The first-order valence-electron chi connectivity index (χ1n) is 6.72. The molecule has 0 heterocycles. The molecule has 116 valence electrons. The Kier molecular flexibility index (Phi) is 7.39. The lowest BCUT2D eigenvalue weighted by Gasteiger charge is -2.17. The highest BCUT2D eigenvalue weighted by Crippen LogP contribution is 2.16. The Labute approximate surface area is 133 Å². The van der Waals surface area contributed by atoms with Crippen LogP contribution < -0.4 is 5.32 Å². The lowest BCUT2D eigenvalue weighted by atomic mass is 10.1. The molecule has 0 aliphatic rings. The van der Waals surface area contributed by atoms with Crippen molar-refractivity contribution in [2.45, 2.75) is 13.3 Å². The molecule has 0 saturated heterocycles. The number of benzene rings is 1. The maximum Gasteiger partial charge on any atom is 0.254 e. The molecule has 6 heteroatoms. The lowest BCUT2D eigenvalue weighted by Crippen LogP contribution is -2.38. The van der Waals surface area contributed by atoms with Crippen LogP contribution in [0, 0.1) is 6.92 Å². The van der Waals surface area contributed by atoms with Gasteiger partial charge in [-0.05, 0) is 37.1 Å². The van der Waals surface area contributed by atoms with Gasteiger partial charge in [-0.2, -0.15) is 0 Å². The third-order valence-electron chi connectivity index (χ3n) is 2.86. The standard InChI is InChI=1S/C15H21BrN2O3/c1-11-7-12(9-13(16)8-11)15(20)18(2)10-14(19)17-5-4-6-21-3/h7-9H,4-6,10H2,1-3H3,(H,17,19). The van der Waals surface area contributed by atoms with E-state index in [9.17, 15) is 9.59 Å². The molecule has 1 aromatic rings.